The Kier molecular flexibility index (Phi) is 5.19. The summed E-state index contributed by atoms with van der Waals surface area (Å²) < 4.78 is 12.5. The number of fused-ring (bicyclic) bond motifs is 1. The van der Waals surface area contributed by atoms with Gasteiger partial charge in [-0.05, 0) is 24.6 Å². The lowest BCUT2D eigenvalue weighted by atomic mass is 10.1. The van der Waals surface area contributed by atoms with Crippen LogP contribution in [-0.4, -0.2) is 53.9 Å². The number of ether oxygens (including phenoxy) is 2. The zero-order chi connectivity index (χ0) is 20.5. The largest absolute Gasteiger partial charge is 0.493 e. The number of halogens is 1. The summed E-state index contributed by atoms with van der Waals surface area (Å²) in [4.78, 5) is 18.2. The maximum atomic E-state index is 11.4. The number of amides is 1. The van der Waals surface area contributed by atoms with E-state index >= 15 is 0 Å². The van der Waals surface area contributed by atoms with E-state index in [-0.39, 0.29) is 11.9 Å². The van der Waals surface area contributed by atoms with Crippen molar-refractivity contribution in [2.24, 2.45) is 0 Å². The van der Waals surface area contributed by atoms with Gasteiger partial charge in [0, 0.05) is 37.7 Å². The number of nitrogens with one attached hydrogen (secondary N) is 1. The highest BCUT2D eigenvalue weighted by atomic mass is 35.5. The molecule has 1 aliphatic rings. The number of imidazole rings is 1. The topological polar surface area (TPSA) is 81.0 Å². The van der Waals surface area contributed by atoms with Crippen LogP contribution >= 0.6 is 11.6 Å². The second-order valence-electron chi connectivity index (χ2n) is 6.93. The molecule has 8 nitrogen and oxygen atoms in total. The van der Waals surface area contributed by atoms with E-state index in [1.807, 2.05) is 24.3 Å². The number of anilines is 1. The molecule has 9 heteroatoms. The number of hydrogen-bond acceptors (Lipinski definition) is 6. The minimum Gasteiger partial charge on any atom is -0.493 e. The van der Waals surface area contributed by atoms with E-state index in [1.165, 1.54) is 6.92 Å². The van der Waals surface area contributed by atoms with Gasteiger partial charge in [0.1, 0.15) is 0 Å². The van der Waals surface area contributed by atoms with Crippen molar-refractivity contribution >= 4 is 28.8 Å². The number of carbonyl (C=O) groups is 1. The van der Waals surface area contributed by atoms with Crippen molar-refractivity contribution in [2.75, 3.05) is 32.2 Å². The monoisotopic (exact) mass is 415 g/mol. The molecule has 0 bridgehead atoms. The highest BCUT2D eigenvalue weighted by molar-refractivity contribution is 6.29. The van der Waals surface area contributed by atoms with Crippen molar-refractivity contribution in [2.45, 2.75) is 19.4 Å². The van der Waals surface area contributed by atoms with Crippen LogP contribution in [0.4, 0.5) is 5.69 Å². The Morgan fingerprint density at radius 2 is 2.03 bits per heavy atom. The van der Waals surface area contributed by atoms with Gasteiger partial charge in [0.15, 0.2) is 22.3 Å². The Labute approximate surface area is 173 Å². The van der Waals surface area contributed by atoms with Gasteiger partial charge in [0.05, 0.1) is 31.8 Å². The second kappa shape index (κ2) is 7.79. The van der Waals surface area contributed by atoms with E-state index in [1.54, 1.807) is 24.9 Å². The Balaban J connectivity index is 1.74. The smallest absolute Gasteiger partial charge is 0.217 e. The number of aromatic nitrogens is 3. The third-order valence-electron chi connectivity index (χ3n) is 5.03. The number of nitrogens with zero attached hydrogens (tertiary/aromatic N) is 4. The molecule has 0 spiro atoms. The fourth-order valence-electron chi connectivity index (χ4n) is 3.73. The fourth-order valence-corrected chi connectivity index (χ4v) is 3.91. The highest BCUT2D eigenvalue weighted by Crippen LogP contribution is 2.34. The molecule has 1 N–H and O–H groups in total. The van der Waals surface area contributed by atoms with E-state index in [4.69, 9.17) is 21.1 Å². The molecule has 0 aliphatic carbocycles. The molecule has 1 amide bonds. The first kappa shape index (κ1) is 19.3. The van der Waals surface area contributed by atoms with Crippen molar-refractivity contribution in [3.8, 4) is 22.8 Å². The molecule has 2 aromatic heterocycles. The van der Waals surface area contributed by atoms with Gasteiger partial charge in [-0.25, -0.2) is 9.50 Å². The molecule has 1 fully saturated rings. The molecular formula is C20H22ClN5O3. The summed E-state index contributed by atoms with van der Waals surface area (Å²) in [5.74, 6) is 1.25. The lowest BCUT2D eigenvalue weighted by Crippen LogP contribution is -2.35. The van der Waals surface area contributed by atoms with Crippen LogP contribution in [0, 0.1) is 0 Å². The van der Waals surface area contributed by atoms with Crippen LogP contribution < -0.4 is 19.7 Å². The molecule has 1 aliphatic heterocycles. The van der Waals surface area contributed by atoms with Crippen LogP contribution in [0.25, 0.3) is 16.9 Å². The van der Waals surface area contributed by atoms with Gasteiger partial charge in [-0.2, -0.15) is 5.10 Å². The summed E-state index contributed by atoms with van der Waals surface area (Å²) in [6.45, 7) is 3.04. The molecule has 1 saturated heterocycles. The predicted molar refractivity (Wildman–Crippen MR) is 111 cm³/mol. The zero-order valence-electron chi connectivity index (χ0n) is 16.5. The Morgan fingerprint density at radius 1 is 1.24 bits per heavy atom. The van der Waals surface area contributed by atoms with E-state index in [9.17, 15) is 4.79 Å². The standard InChI is InChI=1S/C20H22ClN5O3/c1-12(27)23-14-6-7-25(11-14)15-9-19(21)24-26-16(10-22-20(15)26)13-4-5-17(28-2)18(8-13)29-3/h4-5,8-10,14H,6-7,11H2,1-3H3,(H,23,27). The lowest BCUT2D eigenvalue weighted by Gasteiger charge is -2.19. The van der Waals surface area contributed by atoms with E-state index in [0.717, 1.165) is 29.9 Å². The summed E-state index contributed by atoms with van der Waals surface area (Å²) in [6, 6.07) is 7.58. The van der Waals surface area contributed by atoms with Crippen LogP contribution in [0.15, 0.2) is 30.5 Å². The Bertz CT molecular complexity index is 1070. The molecular weight excluding hydrogens is 394 g/mol. The van der Waals surface area contributed by atoms with Gasteiger partial charge < -0.3 is 19.7 Å². The fraction of sp³-hybridized carbons (Fsp3) is 0.350. The molecule has 1 aromatic carbocycles. The molecule has 3 heterocycles. The molecule has 1 unspecified atom stereocenters. The SMILES string of the molecule is COc1ccc(-c2cnc3c(N4CCC(NC(C)=O)C4)cc(Cl)nn23)cc1OC. The van der Waals surface area contributed by atoms with Gasteiger partial charge in [0.2, 0.25) is 5.91 Å². The van der Waals surface area contributed by atoms with Gasteiger partial charge in [0.25, 0.3) is 0 Å². The Hall–Kier alpha value is -3.00. The highest BCUT2D eigenvalue weighted by Gasteiger charge is 2.26. The second-order valence-corrected chi connectivity index (χ2v) is 7.32. The number of hydrogen-bond donors (Lipinski definition) is 1. The summed E-state index contributed by atoms with van der Waals surface area (Å²) in [5, 5.41) is 7.81. The average molecular weight is 416 g/mol. The third-order valence-corrected chi connectivity index (χ3v) is 5.22. The van der Waals surface area contributed by atoms with Crippen LogP contribution in [0.5, 0.6) is 11.5 Å². The van der Waals surface area contributed by atoms with Crippen molar-refractivity contribution in [1.82, 2.24) is 19.9 Å². The van der Waals surface area contributed by atoms with Crippen LogP contribution in [-0.2, 0) is 4.79 Å². The van der Waals surface area contributed by atoms with Crippen molar-refractivity contribution < 1.29 is 14.3 Å². The molecule has 0 saturated carbocycles. The molecule has 29 heavy (non-hydrogen) atoms. The minimum atomic E-state index is -0.0219. The van der Waals surface area contributed by atoms with Crippen LogP contribution in [0.1, 0.15) is 13.3 Å². The lowest BCUT2D eigenvalue weighted by molar-refractivity contribution is -0.119. The first-order valence-corrected chi connectivity index (χ1v) is 9.66. The van der Waals surface area contributed by atoms with Gasteiger partial charge in [-0.1, -0.05) is 11.6 Å². The number of benzene rings is 1. The van der Waals surface area contributed by atoms with Gasteiger partial charge in [-0.3, -0.25) is 4.79 Å². The predicted octanol–water partition coefficient (Wildman–Crippen LogP) is 2.78. The molecule has 0 radical (unpaired) electrons. The maximum absolute atomic E-state index is 11.4. The Morgan fingerprint density at radius 3 is 2.76 bits per heavy atom. The average Bonchev–Trinajstić information content (AvgIpc) is 3.33. The minimum absolute atomic E-state index is 0.0219. The molecule has 4 rings (SSSR count). The number of carbonyl (C=O) groups excluding carboxylic acids is 1. The summed E-state index contributed by atoms with van der Waals surface area (Å²) in [5.41, 5.74) is 3.28. The van der Waals surface area contributed by atoms with Crippen molar-refractivity contribution in [3.05, 3.63) is 35.6 Å². The molecule has 3 aromatic rings. The summed E-state index contributed by atoms with van der Waals surface area (Å²) >= 11 is 6.34. The van der Waals surface area contributed by atoms with E-state index in [2.05, 4.69) is 20.3 Å². The first-order valence-electron chi connectivity index (χ1n) is 9.29. The maximum Gasteiger partial charge on any atom is 0.217 e. The number of methoxy groups -OCH3 is 2. The van der Waals surface area contributed by atoms with Crippen molar-refractivity contribution in [1.29, 1.82) is 0 Å². The summed E-state index contributed by atoms with van der Waals surface area (Å²) in [7, 11) is 3.20. The van der Waals surface area contributed by atoms with Crippen molar-refractivity contribution in [3.63, 3.8) is 0 Å². The zero-order valence-corrected chi connectivity index (χ0v) is 17.2. The first-order chi connectivity index (χ1) is 14.0. The van der Waals surface area contributed by atoms with E-state index in [0.29, 0.717) is 28.8 Å². The molecule has 1 atom stereocenters. The normalized spacial score (nSPS) is 16.3. The quantitative estimate of drug-likeness (QED) is 0.690. The number of rotatable bonds is 5. The van der Waals surface area contributed by atoms with Gasteiger partial charge in [-0.15, -0.1) is 0 Å². The summed E-state index contributed by atoms with van der Waals surface area (Å²) in [6.07, 6.45) is 2.64. The van der Waals surface area contributed by atoms with Crippen LogP contribution in [0.2, 0.25) is 5.15 Å². The van der Waals surface area contributed by atoms with Gasteiger partial charge >= 0.3 is 0 Å². The van der Waals surface area contributed by atoms with E-state index < -0.39 is 0 Å². The molecule has 152 valence electrons. The van der Waals surface area contributed by atoms with Crippen LogP contribution in [0.3, 0.4) is 0 Å². The third kappa shape index (κ3) is 3.67.